The lowest BCUT2D eigenvalue weighted by Crippen LogP contribution is -2.38. The summed E-state index contributed by atoms with van der Waals surface area (Å²) in [5, 5.41) is 6.44. The number of hydrogen-bond donors (Lipinski definition) is 2. The van der Waals surface area contributed by atoms with E-state index in [-0.39, 0.29) is 17.9 Å². The Hall–Kier alpha value is -1.55. The molecule has 2 rings (SSSR count). The zero-order valence-electron chi connectivity index (χ0n) is 12.3. The Morgan fingerprint density at radius 3 is 3.05 bits per heavy atom. The van der Waals surface area contributed by atoms with Crippen LogP contribution in [0, 0.1) is 0 Å². The summed E-state index contributed by atoms with van der Waals surface area (Å²) >= 11 is 0. The van der Waals surface area contributed by atoms with E-state index in [1.807, 2.05) is 12.1 Å². The molecule has 1 heterocycles. The molecule has 4 heteroatoms. The highest BCUT2D eigenvalue weighted by molar-refractivity contribution is 5.78. The van der Waals surface area contributed by atoms with Crippen molar-refractivity contribution in [1.29, 1.82) is 0 Å². The normalized spacial score (nSPS) is 18.2. The molecule has 0 aliphatic carbocycles. The molecule has 0 aromatic heterocycles. The quantitative estimate of drug-likeness (QED) is 0.804. The monoisotopic (exact) mass is 276 g/mol. The summed E-state index contributed by atoms with van der Waals surface area (Å²) < 4.78 is 5.16. The molecule has 0 radical (unpaired) electrons. The molecule has 1 aliphatic rings. The van der Waals surface area contributed by atoms with Gasteiger partial charge in [-0.15, -0.1) is 0 Å². The second kappa shape index (κ2) is 7.29. The molecule has 2 unspecified atom stereocenters. The Balaban J connectivity index is 1.89. The number of fused-ring (bicyclic) bond motifs is 1. The molecule has 4 nitrogen and oxygen atoms in total. The lowest BCUT2D eigenvalue weighted by atomic mass is 9.97. The fourth-order valence-electron chi connectivity index (χ4n) is 2.80. The molecule has 110 valence electrons. The smallest absolute Gasteiger partial charge is 0.220 e. The number of hydrogen-bond acceptors (Lipinski definition) is 3. The van der Waals surface area contributed by atoms with Gasteiger partial charge in [0.1, 0.15) is 0 Å². The largest absolute Gasteiger partial charge is 0.384 e. The van der Waals surface area contributed by atoms with E-state index in [4.69, 9.17) is 4.74 Å². The van der Waals surface area contributed by atoms with Crippen LogP contribution < -0.4 is 10.6 Å². The van der Waals surface area contributed by atoms with Gasteiger partial charge >= 0.3 is 0 Å². The van der Waals surface area contributed by atoms with Crippen LogP contribution in [0.15, 0.2) is 24.3 Å². The third-order valence-electron chi connectivity index (χ3n) is 3.74. The first-order valence-electron chi connectivity index (χ1n) is 7.35. The fourth-order valence-corrected chi connectivity index (χ4v) is 2.80. The maximum atomic E-state index is 12.2. The van der Waals surface area contributed by atoms with Crippen LogP contribution in [0.3, 0.4) is 0 Å². The third-order valence-corrected chi connectivity index (χ3v) is 3.74. The van der Waals surface area contributed by atoms with Crippen molar-refractivity contribution < 1.29 is 9.53 Å². The van der Waals surface area contributed by atoms with Crippen molar-refractivity contribution in [2.45, 2.75) is 38.1 Å². The molecule has 0 spiro atoms. The number of carbonyl (C=O) groups excluding carboxylic acids is 1. The molecule has 2 N–H and O–H groups in total. The maximum absolute atomic E-state index is 12.2. The SMILES string of the molecule is CCCC(COC)NC(=O)CC1CNc2ccccc21. The van der Waals surface area contributed by atoms with Crippen LogP contribution in [-0.2, 0) is 9.53 Å². The van der Waals surface area contributed by atoms with Crippen LogP contribution in [0.5, 0.6) is 0 Å². The van der Waals surface area contributed by atoms with Gasteiger partial charge in [-0.25, -0.2) is 0 Å². The lowest BCUT2D eigenvalue weighted by molar-refractivity contribution is -0.122. The molecule has 1 aliphatic heterocycles. The Morgan fingerprint density at radius 1 is 1.50 bits per heavy atom. The zero-order valence-corrected chi connectivity index (χ0v) is 12.3. The number of ether oxygens (including phenoxy) is 1. The van der Waals surface area contributed by atoms with E-state index < -0.39 is 0 Å². The van der Waals surface area contributed by atoms with Gasteiger partial charge in [0.2, 0.25) is 5.91 Å². The van der Waals surface area contributed by atoms with Crippen molar-refractivity contribution >= 4 is 11.6 Å². The molecular weight excluding hydrogens is 252 g/mol. The summed E-state index contributed by atoms with van der Waals surface area (Å²) in [7, 11) is 1.67. The molecule has 1 aromatic carbocycles. The van der Waals surface area contributed by atoms with Gasteiger partial charge in [0, 0.05) is 31.7 Å². The molecule has 2 atom stereocenters. The van der Waals surface area contributed by atoms with Crippen LogP contribution >= 0.6 is 0 Å². The van der Waals surface area contributed by atoms with E-state index in [0.29, 0.717) is 13.0 Å². The van der Waals surface area contributed by atoms with Gasteiger partial charge in [-0.05, 0) is 18.1 Å². The third kappa shape index (κ3) is 3.73. The summed E-state index contributed by atoms with van der Waals surface area (Å²) in [6.07, 6.45) is 2.54. The van der Waals surface area contributed by atoms with Crippen molar-refractivity contribution in [1.82, 2.24) is 5.32 Å². The summed E-state index contributed by atoms with van der Waals surface area (Å²) in [4.78, 5) is 12.2. The van der Waals surface area contributed by atoms with Crippen LogP contribution in [0.1, 0.15) is 37.7 Å². The first kappa shape index (κ1) is 14.9. The highest BCUT2D eigenvalue weighted by Gasteiger charge is 2.24. The van der Waals surface area contributed by atoms with E-state index in [1.165, 1.54) is 5.56 Å². The van der Waals surface area contributed by atoms with Gasteiger partial charge in [-0.1, -0.05) is 31.5 Å². The predicted molar refractivity (Wildman–Crippen MR) is 81.0 cm³/mol. The molecule has 0 saturated carbocycles. The minimum absolute atomic E-state index is 0.115. The van der Waals surface area contributed by atoms with Gasteiger partial charge in [0.05, 0.1) is 12.6 Å². The molecule has 1 amide bonds. The van der Waals surface area contributed by atoms with E-state index in [9.17, 15) is 4.79 Å². The topological polar surface area (TPSA) is 50.4 Å². The van der Waals surface area contributed by atoms with Crippen molar-refractivity contribution in [3.05, 3.63) is 29.8 Å². The van der Waals surface area contributed by atoms with E-state index in [0.717, 1.165) is 25.1 Å². The van der Waals surface area contributed by atoms with Gasteiger partial charge < -0.3 is 15.4 Å². The Morgan fingerprint density at radius 2 is 2.30 bits per heavy atom. The standard InChI is InChI=1S/C16H24N2O2/c1-3-6-13(11-20-2)18-16(19)9-12-10-17-15-8-5-4-7-14(12)15/h4-5,7-8,12-13,17H,3,6,9-11H2,1-2H3,(H,18,19). The van der Waals surface area contributed by atoms with Crippen molar-refractivity contribution in [3.8, 4) is 0 Å². The first-order valence-corrected chi connectivity index (χ1v) is 7.35. The summed E-state index contributed by atoms with van der Waals surface area (Å²) in [5.74, 6) is 0.389. The second-order valence-corrected chi connectivity index (χ2v) is 5.38. The Bertz CT molecular complexity index is 442. The molecule has 0 fully saturated rings. The average molecular weight is 276 g/mol. The number of para-hydroxylation sites is 1. The highest BCUT2D eigenvalue weighted by atomic mass is 16.5. The number of rotatable bonds is 7. The highest BCUT2D eigenvalue weighted by Crippen LogP contribution is 2.33. The molecule has 20 heavy (non-hydrogen) atoms. The zero-order chi connectivity index (χ0) is 14.4. The average Bonchev–Trinajstić information content (AvgIpc) is 2.83. The van der Waals surface area contributed by atoms with Gasteiger partial charge in [0.15, 0.2) is 0 Å². The van der Waals surface area contributed by atoms with Gasteiger partial charge in [-0.3, -0.25) is 4.79 Å². The molecular formula is C16H24N2O2. The summed E-state index contributed by atoms with van der Waals surface area (Å²) in [5.41, 5.74) is 2.41. The Labute approximate surface area is 120 Å². The lowest BCUT2D eigenvalue weighted by Gasteiger charge is -2.18. The number of benzene rings is 1. The first-order chi connectivity index (χ1) is 9.74. The van der Waals surface area contributed by atoms with Gasteiger partial charge in [0.25, 0.3) is 0 Å². The van der Waals surface area contributed by atoms with Crippen molar-refractivity contribution in [2.75, 3.05) is 25.6 Å². The maximum Gasteiger partial charge on any atom is 0.220 e. The number of nitrogens with one attached hydrogen (secondary N) is 2. The van der Waals surface area contributed by atoms with E-state index in [2.05, 4.69) is 29.7 Å². The molecule has 1 aromatic rings. The minimum Gasteiger partial charge on any atom is -0.384 e. The molecule has 0 bridgehead atoms. The predicted octanol–water partition coefficient (Wildman–Crippen LogP) is 2.52. The van der Waals surface area contributed by atoms with Gasteiger partial charge in [-0.2, -0.15) is 0 Å². The van der Waals surface area contributed by atoms with Crippen molar-refractivity contribution in [3.63, 3.8) is 0 Å². The second-order valence-electron chi connectivity index (χ2n) is 5.38. The number of amides is 1. The Kier molecular flexibility index (Phi) is 5.41. The minimum atomic E-state index is 0.115. The van der Waals surface area contributed by atoms with E-state index >= 15 is 0 Å². The van der Waals surface area contributed by atoms with Crippen LogP contribution in [0.25, 0.3) is 0 Å². The van der Waals surface area contributed by atoms with E-state index in [1.54, 1.807) is 7.11 Å². The van der Waals surface area contributed by atoms with Crippen LogP contribution in [-0.4, -0.2) is 32.2 Å². The fraction of sp³-hybridized carbons (Fsp3) is 0.562. The van der Waals surface area contributed by atoms with Crippen LogP contribution in [0.4, 0.5) is 5.69 Å². The number of anilines is 1. The summed E-state index contributed by atoms with van der Waals surface area (Å²) in [6, 6.07) is 8.34. The van der Waals surface area contributed by atoms with Crippen molar-refractivity contribution in [2.24, 2.45) is 0 Å². The number of methoxy groups -OCH3 is 1. The van der Waals surface area contributed by atoms with Crippen LogP contribution in [0.2, 0.25) is 0 Å². The molecule has 0 saturated heterocycles. The number of carbonyl (C=O) groups is 1. The summed E-state index contributed by atoms with van der Waals surface area (Å²) in [6.45, 7) is 3.54.